The van der Waals surface area contributed by atoms with E-state index < -0.39 is 10.9 Å². The Bertz CT molecular complexity index is 996. The molecule has 1 heterocycles. The molecule has 0 N–H and O–H groups in total. The topological polar surface area (TPSA) is 82.3 Å². The van der Waals surface area contributed by atoms with Gasteiger partial charge in [-0.25, -0.2) is 4.98 Å². The largest absolute Gasteiger partial charge is 0.419 e. The molecule has 0 saturated heterocycles. The van der Waals surface area contributed by atoms with Gasteiger partial charge in [0.05, 0.1) is 16.1 Å². The van der Waals surface area contributed by atoms with E-state index >= 15 is 0 Å². The Kier molecular flexibility index (Phi) is 4.52. The Morgan fingerprint density at radius 1 is 1.12 bits per heavy atom. The molecule has 1 aromatic heterocycles. The number of benzene rings is 2. The number of fused-ring (bicyclic) bond motifs is 1. The zero-order chi connectivity index (χ0) is 17.8. The second-order valence-corrected chi connectivity index (χ2v) is 5.34. The molecule has 3 aromatic rings. The van der Waals surface area contributed by atoms with E-state index in [1.807, 2.05) is 36.4 Å². The predicted molar refractivity (Wildman–Crippen MR) is 95.1 cm³/mol. The molecule has 0 spiro atoms. The number of aromatic nitrogens is 1. The lowest BCUT2D eigenvalue weighted by Crippen LogP contribution is -2.04. The fourth-order valence-corrected chi connectivity index (χ4v) is 2.38. The number of nitro groups is 1. The van der Waals surface area contributed by atoms with Crippen LogP contribution >= 0.6 is 0 Å². The quantitative estimate of drug-likeness (QED) is 0.308. The van der Waals surface area contributed by atoms with Crippen molar-refractivity contribution < 1.29 is 14.5 Å². The number of rotatable bonds is 4. The first-order valence-corrected chi connectivity index (χ1v) is 7.54. The molecule has 0 aliphatic rings. The predicted octanol–water partition coefficient (Wildman–Crippen LogP) is 4.24. The summed E-state index contributed by atoms with van der Waals surface area (Å²) in [7, 11) is 0. The minimum Gasteiger partial charge on any atom is -0.419 e. The molecule has 6 heteroatoms. The number of esters is 1. The molecule has 25 heavy (non-hydrogen) atoms. The van der Waals surface area contributed by atoms with Gasteiger partial charge in [-0.2, -0.15) is 0 Å². The van der Waals surface area contributed by atoms with Crippen molar-refractivity contribution in [3.05, 3.63) is 76.0 Å². The van der Waals surface area contributed by atoms with E-state index in [2.05, 4.69) is 4.98 Å². The first-order chi connectivity index (χ1) is 12.0. The number of hydrogen-bond acceptors (Lipinski definition) is 5. The van der Waals surface area contributed by atoms with Crippen molar-refractivity contribution in [3.63, 3.8) is 0 Å². The second kappa shape index (κ2) is 6.92. The highest BCUT2D eigenvalue weighted by molar-refractivity contribution is 5.81. The lowest BCUT2D eigenvalue weighted by molar-refractivity contribution is -0.385. The van der Waals surface area contributed by atoms with Gasteiger partial charge in [-0.15, -0.1) is 0 Å². The lowest BCUT2D eigenvalue weighted by Gasteiger charge is -2.03. The van der Waals surface area contributed by atoms with Crippen LogP contribution in [-0.4, -0.2) is 15.9 Å². The van der Waals surface area contributed by atoms with E-state index in [1.165, 1.54) is 19.1 Å². The zero-order valence-corrected chi connectivity index (χ0v) is 13.4. The van der Waals surface area contributed by atoms with Crippen LogP contribution in [0.2, 0.25) is 0 Å². The SMILES string of the molecule is CC(=O)Oc1ccc(/C=C/c2ccc3ccccc3n2)cc1[N+](=O)[O-]. The Balaban J connectivity index is 1.90. The van der Waals surface area contributed by atoms with Crippen LogP contribution < -0.4 is 4.74 Å². The maximum atomic E-state index is 11.2. The van der Waals surface area contributed by atoms with Crippen LogP contribution in [0.1, 0.15) is 18.2 Å². The molecule has 3 rings (SSSR count). The van der Waals surface area contributed by atoms with Crippen LogP contribution in [0.15, 0.2) is 54.6 Å². The molecule has 124 valence electrons. The standard InChI is InChI=1S/C19H14N2O4/c1-13(22)25-19-11-7-14(12-18(19)21(23)24)6-9-16-10-8-15-4-2-3-5-17(15)20-16/h2-12H,1H3/b9-6+. The van der Waals surface area contributed by atoms with Gasteiger partial charge in [-0.05, 0) is 29.8 Å². The number of nitro benzene ring substituents is 1. The lowest BCUT2D eigenvalue weighted by atomic mass is 10.1. The summed E-state index contributed by atoms with van der Waals surface area (Å²) in [5, 5.41) is 12.2. The summed E-state index contributed by atoms with van der Waals surface area (Å²) in [5.74, 6) is -0.676. The Labute approximate surface area is 143 Å². The molecule has 0 unspecified atom stereocenters. The maximum Gasteiger partial charge on any atom is 0.312 e. The van der Waals surface area contributed by atoms with Crippen LogP contribution in [0.5, 0.6) is 5.75 Å². The summed E-state index contributed by atoms with van der Waals surface area (Å²) in [6.07, 6.45) is 3.50. The number of pyridine rings is 1. The summed E-state index contributed by atoms with van der Waals surface area (Å²) >= 11 is 0. The molecule has 0 bridgehead atoms. The van der Waals surface area contributed by atoms with E-state index in [-0.39, 0.29) is 11.4 Å². The molecule has 2 aromatic carbocycles. The number of carbonyl (C=O) groups is 1. The fraction of sp³-hybridized carbons (Fsp3) is 0.0526. The van der Waals surface area contributed by atoms with Crippen LogP contribution in [0.25, 0.3) is 23.1 Å². The van der Waals surface area contributed by atoms with Crippen LogP contribution in [0, 0.1) is 10.1 Å². The van der Waals surface area contributed by atoms with Crippen molar-refractivity contribution in [1.29, 1.82) is 0 Å². The summed E-state index contributed by atoms with van der Waals surface area (Å²) in [4.78, 5) is 26.1. The number of ether oxygens (including phenoxy) is 1. The molecular weight excluding hydrogens is 320 g/mol. The first-order valence-electron chi connectivity index (χ1n) is 7.54. The third-order valence-electron chi connectivity index (χ3n) is 3.50. The molecule has 0 atom stereocenters. The molecule has 0 aliphatic carbocycles. The van der Waals surface area contributed by atoms with Gasteiger partial charge in [0, 0.05) is 18.4 Å². The fourth-order valence-electron chi connectivity index (χ4n) is 2.38. The number of nitrogens with zero attached hydrogens (tertiary/aromatic N) is 2. The van der Waals surface area contributed by atoms with E-state index in [1.54, 1.807) is 18.2 Å². The van der Waals surface area contributed by atoms with Gasteiger partial charge in [0.25, 0.3) is 0 Å². The molecule has 0 aliphatic heterocycles. The summed E-state index contributed by atoms with van der Waals surface area (Å²) in [6, 6.07) is 16.0. The molecule has 6 nitrogen and oxygen atoms in total. The van der Waals surface area contributed by atoms with Crippen LogP contribution in [0.3, 0.4) is 0 Å². The van der Waals surface area contributed by atoms with Crippen molar-refractivity contribution in [1.82, 2.24) is 4.98 Å². The van der Waals surface area contributed by atoms with Gasteiger partial charge >= 0.3 is 11.7 Å². The highest BCUT2D eigenvalue weighted by Crippen LogP contribution is 2.29. The summed E-state index contributed by atoms with van der Waals surface area (Å²) < 4.78 is 4.86. The van der Waals surface area contributed by atoms with E-state index in [0.717, 1.165) is 16.6 Å². The summed E-state index contributed by atoms with van der Waals surface area (Å²) in [5.41, 5.74) is 1.97. The van der Waals surface area contributed by atoms with Gasteiger partial charge in [0.2, 0.25) is 5.75 Å². The van der Waals surface area contributed by atoms with Crippen LogP contribution in [0.4, 0.5) is 5.69 Å². The summed E-state index contributed by atoms with van der Waals surface area (Å²) in [6.45, 7) is 1.20. The van der Waals surface area contributed by atoms with Gasteiger partial charge in [-0.1, -0.05) is 36.4 Å². The third kappa shape index (κ3) is 3.87. The molecular formula is C19H14N2O4. The normalized spacial score (nSPS) is 10.9. The second-order valence-electron chi connectivity index (χ2n) is 5.34. The van der Waals surface area contributed by atoms with Gasteiger partial charge in [0.15, 0.2) is 0 Å². The molecule has 0 saturated carbocycles. The Morgan fingerprint density at radius 2 is 1.92 bits per heavy atom. The average Bonchev–Trinajstić information content (AvgIpc) is 2.60. The van der Waals surface area contributed by atoms with Crippen molar-refractivity contribution in [2.75, 3.05) is 0 Å². The molecule has 0 fully saturated rings. The maximum absolute atomic E-state index is 11.2. The Hall–Kier alpha value is -3.54. The number of hydrogen-bond donors (Lipinski definition) is 0. The van der Waals surface area contributed by atoms with Crippen molar-refractivity contribution >= 4 is 34.7 Å². The van der Waals surface area contributed by atoms with Crippen LogP contribution in [-0.2, 0) is 4.79 Å². The minimum atomic E-state index is -0.605. The molecule has 0 amide bonds. The smallest absolute Gasteiger partial charge is 0.312 e. The minimum absolute atomic E-state index is 0.0709. The molecule has 0 radical (unpaired) electrons. The van der Waals surface area contributed by atoms with E-state index in [0.29, 0.717) is 5.56 Å². The average molecular weight is 334 g/mol. The highest BCUT2D eigenvalue weighted by atomic mass is 16.6. The number of carbonyl (C=O) groups excluding carboxylic acids is 1. The third-order valence-corrected chi connectivity index (χ3v) is 3.50. The monoisotopic (exact) mass is 334 g/mol. The van der Waals surface area contributed by atoms with Gasteiger partial charge in [0.1, 0.15) is 0 Å². The zero-order valence-electron chi connectivity index (χ0n) is 13.4. The first kappa shape index (κ1) is 16.3. The van der Waals surface area contributed by atoms with Gasteiger partial charge in [-0.3, -0.25) is 14.9 Å². The van der Waals surface area contributed by atoms with E-state index in [4.69, 9.17) is 4.74 Å². The van der Waals surface area contributed by atoms with Crippen molar-refractivity contribution in [2.45, 2.75) is 6.92 Å². The highest BCUT2D eigenvalue weighted by Gasteiger charge is 2.16. The van der Waals surface area contributed by atoms with Crippen molar-refractivity contribution in [3.8, 4) is 5.75 Å². The Morgan fingerprint density at radius 3 is 2.68 bits per heavy atom. The van der Waals surface area contributed by atoms with Gasteiger partial charge < -0.3 is 4.74 Å². The van der Waals surface area contributed by atoms with Crippen molar-refractivity contribution in [2.24, 2.45) is 0 Å². The number of para-hydroxylation sites is 1. The van der Waals surface area contributed by atoms with E-state index in [9.17, 15) is 14.9 Å².